The number of hydrogen-bond acceptors (Lipinski definition) is 0. The molecule has 0 fully saturated rings. The van der Waals surface area contributed by atoms with Crippen LogP contribution in [0, 0.1) is 10.5 Å². The van der Waals surface area contributed by atoms with Gasteiger partial charge >= 0.3 is 0 Å². The Labute approximate surface area is 275 Å². The van der Waals surface area contributed by atoms with Crippen LogP contribution in [0.15, 0.2) is 127 Å². The summed E-state index contributed by atoms with van der Waals surface area (Å²) < 4.78 is 1.26. The first kappa shape index (κ1) is 27.6. The lowest BCUT2D eigenvalue weighted by Crippen LogP contribution is -2.24. The fraction of sp³-hybridized carbons (Fsp3) is 0.163. The van der Waals surface area contributed by atoms with Crippen LogP contribution in [0.25, 0.3) is 44.5 Å². The summed E-state index contributed by atoms with van der Waals surface area (Å²) in [5.41, 5.74) is 19.0. The fourth-order valence-corrected chi connectivity index (χ4v) is 8.45. The molecule has 6 aromatic carbocycles. The van der Waals surface area contributed by atoms with Crippen molar-refractivity contribution >= 4 is 22.6 Å². The molecule has 8 rings (SSSR count). The van der Waals surface area contributed by atoms with E-state index in [2.05, 4.69) is 178 Å². The van der Waals surface area contributed by atoms with E-state index in [1.807, 2.05) is 0 Å². The van der Waals surface area contributed by atoms with Gasteiger partial charge in [0.25, 0.3) is 0 Å². The molecule has 44 heavy (non-hydrogen) atoms. The molecule has 0 N–H and O–H groups in total. The Morgan fingerprint density at radius 3 is 1.89 bits per heavy atom. The van der Waals surface area contributed by atoms with Gasteiger partial charge < -0.3 is 0 Å². The van der Waals surface area contributed by atoms with Gasteiger partial charge in [-0.1, -0.05) is 136 Å². The van der Waals surface area contributed by atoms with Crippen LogP contribution in [0.2, 0.25) is 0 Å². The molecule has 0 aliphatic heterocycles. The van der Waals surface area contributed by atoms with E-state index in [0.717, 1.165) is 6.42 Å². The Balaban J connectivity index is 1.32. The molecule has 0 heterocycles. The van der Waals surface area contributed by atoms with Gasteiger partial charge in [-0.25, -0.2) is 0 Å². The molecule has 1 unspecified atom stereocenters. The summed E-state index contributed by atoms with van der Waals surface area (Å²) in [4.78, 5) is 0. The molecule has 0 nitrogen and oxygen atoms in total. The normalized spacial score (nSPS) is 17.1. The van der Waals surface area contributed by atoms with Crippen molar-refractivity contribution < 1.29 is 0 Å². The van der Waals surface area contributed by atoms with Crippen LogP contribution in [0.5, 0.6) is 0 Å². The van der Waals surface area contributed by atoms with Crippen LogP contribution in [-0.2, 0) is 17.3 Å². The van der Waals surface area contributed by atoms with E-state index in [-0.39, 0.29) is 10.8 Å². The predicted molar refractivity (Wildman–Crippen MR) is 194 cm³/mol. The van der Waals surface area contributed by atoms with Crippen LogP contribution in [0.4, 0.5) is 0 Å². The average Bonchev–Trinajstić information content (AvgIpc) is 3.43. The van der Waals surface area contributed by atoms with Gasteiger partial charge in [-0.2, -0.15) is 0 Å². The first-order valence-electron chi connectivity index (χ1n) is 15.6. The third-order valence-electron chi connectivity index (χ3n) is 10.3. The second-order valence-electron chi connectivity index (χ2n) is 13.4. The van der Waals surface area contributed by atoms with E-state index in [0.29, 0.717) is 0 Å². The highest BCUT2D eigenvalue weighted by molar-refractivity contribution is 14.1. The quantitative estimate of drug-likeness (QED) is 0.163. The molecule has 1 atom stereocenters. The van der Waals surface area contributed by atoms with Crippen LogP contribution in [0.1, 0.15) is 54.2 Å². The van der Waals surface area contributed by atoms with E-state index in [4.69, 9.17) is 0 Å². The highest BCUT2D eigenvalue weighted by Crippen LogP contribution is 2.56. The van der Waals surface area contributed by atoms with Crippen LogP contribution in [-0.4, -0.2) is 0 Å². The number of rotatable bonds is 4. The van der Waals surface area contributed by atoms with Crippen molar-refractivity contribution in [2.24, 2.45) is 0 Å². The molecule has 1 heteroatoms. The Bertz CT molecular complexity index is 2080. The maximum Gasteiger partial charge on any atom is 0.0227 e. The zero-order valence-corrected chi connectivity index (χ0v) is 27.9. The number of halogens is 1. The first-order chi connectivity index (χ1) is 21.3. The Morgan fingerprint density at radius 1 is 0.523 bits per heavy atom. The zero-order chi connectivity index (χ0) is 30.2. The van der Waals surface area contributed by atoms with E-state index in [1.165, 1.54) is 81.5 Å². The lowest BCUT2D eigenvalue weighted by atomic mass is 9.72. The number of hydrogen-bond donors (Lipinski definition) is 0. The van der Waals surface area contributed by atoms with E-state index >= 15 is 0 Å². The minimum atomic E-state index is -0.141. The molecular weight excluding hydrogens is 643 g/mol. The molecule has 0 amide bonds. The zero-order valence-electron chi connectivity index (χ0n) is 25.7. The van der Waals surface area contributed by atoms with E-state index in [1.54, 1.807) is 0 Å². The monoisotopic (exact) mass is 678 g/mol. The summed E-state index contributed by atoms with van der Waals surface area (Å²) in [5.74, 6) is 0. The molecule has 214 valence electrons. The van der Waals surface area contributed by atoms with Gasteiger partial charge in [-0.15, -0.1) is 0 Å². The molecule has 0 radical (unpaired) electrons. The van der Waals surface area contributed by atoms with Gasteiger partial charge in [0, 0.05) is 14.4 Å². The van der Waals surface area contributed by atoms with Crippen LogP contribution < -0.4 is 0 Å². The molecule has 0 spiro atoms. The van der Waals surface area contributed by atoms with E-state index in [9.17, 15) is 0 Å². The standard InChI is InChI=1S/C43H35I/c1-27-13-15-28(16-14-27)30-20-24-39-36(25-30)34-9-5-8-12-38(34)43(39,4)26-31-19-23-33(29-17-21-32(44)22-18-29)41-40(31)35-10-6-7-11-37(35)42(41,2)3/h5-25H,26H2,1-4H3. The van der Waals surface area contributed by atoms with Crippen molar-refractivity contribution in [3.8, 4) is 44.5 Å². The Kier molecular flexibility index (Phi) is 6.29. The average molecular weight is 679 g/mol. The summed E-state index contributed by atoms with van der Waals surface area (Å²) in [6.45, 7) is 9.43. The molecule has 0 bridgehead atoms. The molecule has 0 saturated heterocycles. The maximum atomic E-state index is 2.47. The largest absolute Gasteiger partial charge is 0.0619 e. The van der Waals surface area contributed by atoms with Gasteiger partial charge in [0.1, 0.15) is 0 Å². The second-order valence-corrected chi connectivity index (χ2v) is 14.6. The highest BCUT2D eigenvalue weighted by atomic mass is 127. The minimum Gasteiger partial charge on any atom is -0.0619 e. The van der Waals surface area contributed by atoms with Gasteiger partial charge in [0.05, 0.1) is 0 Å². The molecule has 2 aliphatic rings. The first-order valence-corrected chi connectivity index (χ1v) is 16.7. The maximum absolute atomic E-state index is 2.47. The topological polar surface area (TPSA) is 0 Å². The summed E-state index contributed by atoms with van der Waals surface area (Å²) in [5, 5.41) is 0. The summed E-state index contributed by atoms with van der Waals surface area (Å²) in [6.07, 6.45) is 0.945. The summed E-state index contributed by atoms with van der Waals surface area (Å²) in [7, 11) is 0. The molecule has 2 aliphatic carbocycles. The van der Waals surface area contributed by atoms with Gasteiger partial charge in [-0.05, 0) is 126 Å². The Morgan fingerprint density at radius 2 is 1.14 bits per heavy atom. The number of fused-ring (bicyclic) bond motifs is 6. The third kappa shape index (κ3) is 4.09. The van der Waals surface area contributed by atoms with Crippen molar-refractivity contribution in [1.29, 1.82) is 0 Å². The fourth-order valence-electron chi connectivity index (χ4n) is 8.09. The minimum absolute atomic E-state index is 0.0877. The highest BCUT2D eigenvalue weighted by Gasteiger charge is 2.43. The van der Waals surface area contributed by atoms with Crippen molar-refractivity contribution in [1.82, 2.24) is 0 Å². The predicted octanol–water partition coefficient (Wildman–Crippen LogP) is 11.8. The van der Waals surface area contributed by atoms with Crippen LogP contribution in [0.3, 0.4) is 0 Å². The van der Waals surface area contributed by atoms with Crippen molar-refractivity contribution in [3.63, 3.8) is 0 Å². The molecule has 0 saturated carbocycles. The Hall–Kier alpha value is -3.95. The van der Waals surface area contributed by atoms with Gasteiger partial charge in [0.2, 0.25) is 0 Å². The number of aryl methyl sites for hydroxylation is 1. The lowest BCUT2D eigenvalue weighted by Gasteiger charge is -2.30. The summed E-state index contributed by atoms with van der Waals surface area (Å²) in [6, 6.07) is 48.1. The van der Waals surface area contributed by atoms with Crippen molar-refractivity contribution in [2.75, 3.05) is 0 Å². The SMILES string of the molecule is Cc1ccc(-c2ccc3c(c2)-c2ccccc2C3(C)Cc2ccc(-c3ccc(I)cc3)c3c2-c2ccccc2C3(C)C)cc1. The second kappa shape index (κ2) is 10.0. The smallest absolute Gasteiger partial charge is 0.0227 e. The van der Waals surface area contributed by atoms with E-state index < -0.39 is 0 Å². The van der Waals surface area contributed by atoms with Crippen LogP contribution >= 0.6 is 22.6 Å². The van der Waals surface area contributed by atoms with Gasteiger partial charge in [-0.3, -0.25) is 0 Å². The number of benzene rings is 6. The van der Waals surface area contributed by atoms with Crippen molar-refractivity contribution in [2.45, 2.75) is 44.9 Å². The lowest BCUT2D eigenvalue weighted by molar-refractivity contribution is 0.583. The molecule has 0 aromatic heterocycles. The van der Waals surface area contributed by atoms with Crippen molar-refractivity contribution in [3.05, 3.63) is 164 Å². The molecular formula is C43H35I. The summed E-state index contributed by atoms with van der Waals surface area (Å²) >= 11 is 2.40. The third-order valence-corrected chi connectivity index (χ3v) is 11.0. The molecule has 6 aromatic rings. The van der Waals surface area contributed by atoms with Gasteiger partial charge in [0.15, 0.2) is 0 Å².